The van der Waals surface area contributed by atoms with E-state index in [0.29, 0.717) is 0 Å². The molecule has 4 heteroatoms. The van der Waals surface area contributed by atoms with E-state index < -0.39 is 0 Å². The molecule has 0 fully saturated rings. The highest BCUT2D eigenvalue weighted by Crippen LogP contribution is 2.48. The normalized spacial score (nSPS) is 19.9. The van der Waals surface area contributed by atoms with E-state index in [4.69, 9.17) is 9.47 Å². The highest BCUT2D eigenvalue weighted by atomic mass is 16.5. The molecule has 0 amide bonds. The first kappa shape index (κ1) is 23.7. The Kier molecular flexibility index (Phi) is 6.27. The van der Waals surface area contributed by atoms with Gasteiger partial charge in [0.15, 0.2) is 5.78 Å². The Morgan fingerprint density at radius 2 is 1.47 bits per heavy atom. The monoisotopic (exact) mass is 477 g/mol. The molecule has 0 saturated carbocycles. The van der Waals surface area contributed by atoms with Crippen LogP contribution in [0.3, 0.4) is 0 Å². The third kappa shape index (κ3) is 4.47. The first-order chi connectivity index (χ1) is 17.4. The lowest BCUT2D eigenvalue weighted by molar-refractivity contribution is -0.113. The molecule has 1 atom stereocenters. The van der Waals surface area contributed by atoms with Gasteiger partial charge in [0, 0.05) is 28.5 Å². The zero-order chi connectivity index (χ0) is 25.3. The molecule has 1 aliphatic carbocycles. The average Bonchev–Trinajstić information content (AvgIpc) is 2.91. The second-order valence-electron chi connectivity index (χ2n) is 9.94. The number of nitrogens with one attached hydrogen (secondary N) is 1. The SMILES string of the molecule is COc1ccc(/C=C2\C(=O)C3=C(CC2(C)C)NC(c2ccc(OC)cc2)=CC3c2ccccc2)cc1. The second kappa shape index (κ2) is 9.54. The van der Waals surface area contributed by atoms with Gasteiger partial charge in [-0.1, -0.05) is 56.3 Å². The fourth-order valence-corrected chi connectivity index (χ4v) is 5.11. The van der Waals surface area contributed by atoms with Gasteiger partial charge in [-0.25, -0.2) is 0 Å². The second-order valence-corrected chi connectivity index (χ2v) is 9.94. The van der Waals surface area contributed by atoms with Crippen LogP contribution in [0.4, 0.5) is 0 Å². The van der Waals surface area contributed by atoms with Crippen LogP contribution in [0.2, 0.25) is 0 Å². The van der Waals surface area contributed by atoms with Gasteiger partial charge in [-0.2, -0.15) is 0 Å². The van der Waals surface area contributed by atoms with Crippen LogP contribution in [0.1, 0.15) is 42.9 Å². The molecule has 1 heterocycles. The number of carbonyl (C=O) groups excluding carboxylic acids is 1. The third-order valence-electron chi connectivity index (χ3n) is 7.08. The van der Waals surface area contributed by atoms with Crippen LogP contribution >= 0.6 is 0 Å². The summed E-state index contributed by atoms with van der Waals surface area (Å²) in [4.78, 5) is 14.2. The Balaban J connectivity index is 1.59. The van der Waals surface area contributed by atoms with E-state index in [-0.39, 0.29) is 17.1 Å². The minimum Gasteiger partial charge on any atom is -0.497 e. The number of hydrogen-bond donors (Lipinski definition) is 1. The van der Waals surface area contributed by atoms with Crippen molar-refractivity contribution in [3.63, 3.8) is 0 Å². The maximum Gasteiger partial charge on any atom is 0.188 e. The minimum absolute atomic E-state index is 0.100. The molecular weight excluding hydrogens is 446 g/mol. The van der Waals surface area contributed by atoms with Crippen molar-refractivity contribution >= 4 is 17.6 Å². The van der Waals surface area contributed by atoms with Gasteiger partial charge in [0.05, 0.1) is 14.2 Å². The smallest absolute Gasteiger partial charge is 0.188 e. The molecule has 0 bridgehead atoms. The van der Waals surface area contributed by atoms with Crippen molar-refractivity contribution in [2.24, 2.45) is 5.41 Å². The highest BCUT2D eigenvalue weighted by Gasteiger charge is 2.42. The first-order valence-corrected chi connectivity index (χ1v) is 12.2. The van der Waals surface area contributed by atoms with Crippen LogP contribution in [-0.4, -0.2) is 20.0 Å². The molecular formula is C32H31NO3. The number of Topliss-reactive ketones (excluding diaryl/α,β-unsaturated/α-hetero) is 1. The number of dihydropyridines is 1. The van der Waals surface area contributed by atoms with Gasteiger partial charge >= 0.3 is 0 Å². The fourth-order valence-electron chi connectivity index (χ4n) is 5.11. The molecule has 0 aromatic heterocycles. The van der Waals surface area contributed by atoms with E-state index in [9.17, 15) is 4.79 Å². The zero-order valence-electron chi connectivity index (χ0n) is 21.2. The van der Waals surface area contributed by atoms with E-state index in [1.54, 1.807) is 14.2 Å². The number of carbonyl (C=O) groups is 1. The summed E-state index contributed by atoms with van der Waals surface area (Å²) in [7, 11) is 3.32. The van der Waals surface area contributed by atoms with Crippen LogP contribution in [0.5, 0.6) is 11.5 Å². The summed E-state index contributed by atoms with van der Waals surface area (Å²) in [5, 5.41) is 3.63. The summed E-state index contributed by atoms with van der Waals surface area (Å²) in [6.07, 6.45) is 4.96. The lowest BCUT2D eigenvalue weighted by Gasteiger charge is -2.40. The Labute approximate surface area is 213 Å². The number of ketones is 1. The van der Waals surface area contributed by atoms with Crippen molar-refractivity contribution in [3.05, 3.63) is 118 Å². The third-order valence-corrected chi connectivity index (χ3v) is 7.08. The molecule has 182 valence electrons. The molecule has 1 aliphatic heterocycles. The van der Waals surface area contributed by atoms with E-state index >= 15 is 0 Å². The Hall–Kier alpha value is -4.05. The number of allylic oxidation sites excluding steroid dienone is 4. The summed E-state index contributed by atoms with van der Waals surface area (Å²) in [6.45, 7) is 4.29. The Morgan fingerprint density at radius 3 is 2.08 bits per heavy atom. The molecule has 3 aromatic carbocycles. The maximum absolute atomic E-state index is 14.2. The van der Waals surface area contributed by atoms with Crippen molar-refractivity contribution in [2.45, 2.75) is 26.2 Å². The first-order valence-electron chi connectivity index (χ1n) is 12.2. The van der Waals surface area contributed by atoms with Gasteiger partial charge in [-0.3, -0.25) is 4.79 Å². The van der Waals surface area contributed by atoms with Gasteiger partial charge in [0.2, 0.25) is 0 Å². The number of rotatable bonds is 5. The predicted octanol–water partition coefficient (Wildman–Crippen LogP) is 6.77. The van der Waals surface area contributed by atoms with Gasteiger partial charge in [0.25, 0.3) is 0 Å². The molecule has 4 nitrogen and oxygen atoms in total. The summed E-state index contributed by atoms with van der Waals surface area (Å²) in [6, 6.07) is 26.1. The van der Waals surface area contributed by atoms with Gasteiger partial charge in [-0.15, -0.1) is 0 Å². The summed E-state index contributed by atoms with van der Waals surface area (Å²) < 4.78 is 10.6. The number of ether oxygens (including phenoxy) is 2. The number of benzene rings is 3. The van der Waals surface area contributed by atoms with Crippen molar-refractivity contribution < 1.29 is 14.3 Å². The van der Waals surface area contributed by atoms with Crippen LogP contribution in [0, 0.1) is 5.41 Å². The number of methoxy groups -OCH3 is 2. The molecule has 0 radical (unpaired) electrons. The zero-order valence-corrected chi connectivity index (χ0v) is 21.2. The molecule has 3 aromatic rings. The predicted molar refractivity (Wildman–Crippen MR) is 145 cm³/mol. The minimum atomic E-state index is -0.327. The molecule has 2 aliphatic rings. The Morgan fingerprint density at radius 1 is 0.861 bits per heavy atom. The fraction of sp³-hybridized carbons (Fsp3) is 0.219. The lowest BCUT2D eigenvalue weighted by Crippen LogP contribution is -2.37. The lowest BCUT2D eigenvalue weighted by atomic mass is 9.67. The van der Waals surface area contributed by atoms with Crippen molar-refractivity contribution in [2.75, 3.05) is 14.2 Å². The standard InChI is InChI=1S/C32H31NO3/c1-32(2)20-29-30(31(34)27(32)18-21-10-14-24(35-3)15-11-21)26(22-8-6-5-7-9-22)19-28(33-29)23-12-16-25(36-4)17-13-23/h5-19,26,33H,20H2,1-4H3/b27-18+. The van der Waals surface area contributed by atoms with Crippen molar-refractivity contribution in [1.29, 1.82) is 0 Å². The highest BCUT2D eigenvalue weighted by molar-refractivity contribution is 6.15. The van der Waals surface area contributed by atoms with E-state index in [0.717, 1.165) is 57.2 Å². The van der Waals surface area contributed by atoms with E-state index in [1.807, 2.05) is 60.7 Å². The van der Waals surface area contributed by atoms with E-state index in [2.05, 4.69) is 49.5 Å². The molecule has 0 spiro atoms. The molecule has 1 N–H and O–H groups in total. The van der Waals surface area contributed by atoms with Crippen LogP contribution in [0.15, 0.2) is 102 Å². The van der Waals surface area contributed by atoms with Gasteiger partial charge in [0.1, 0.15) is 11.5 Å². The summed E-state index contributed by atoms with van der Waals surface area (Å²) in [5.74, 6) is 1.58. The molecule has 5 rings (SSSR count). The summed E-state index contributed by atoms with van der Waals surface area (Å²) >= 11 is 0. The molecule has 1 unspecified atom stereocenters. The largest absolute Gasteiger partial charge is 0.497 e. The van der Waals surface area contributed by atoms with Crippen molar-refractivity contribution in [1.82, 2.24) is 5.32 Å². The molecule has 0 saturated heterocycles. The van der Waals surface area contributed by atoms with Gasteiger partial charge in [-0.05, 0) is 77.1 Å². The van der Waals surface area contributed by atoms with Crippen LogP contribution < -0.4 is 14.8 Å². The molecule has 36 heavy (non-hydrogen) atoms. The van der Waals surface area contributed by atoms with Gasteiger partial charge < -0.3 is 14.8 Å². The topological polar surface area (TPSA) is 47.6 Å². The van der Waals surface area contributed by atoms with Crippen LogP contribution in [-0.2, 0) is 4.79 Å². The average molecular weight is 478 g/mol. The number of hydrogen-bond acceptors (Lipinski definition) is 4. The summed E-state index contributed by atoms with van der Waals surface area (Å²) in [5.41, 5.74) is 6.50. The van der Waals surface area contributed by atoms with Crippen molar-refractivity contribution in [3.8, 4) is 11.5 Å². The van der Waals surface area contributed by atoms with E-state index in [1.165, 1.54) is 0 Å². The quantitative estimate of drug-likeness (QED) is 0.412. The Bertz CT molecular complexity index is 1360. The van der Waals surface area contributed by atoms with Crippen LogP contribution in [0.25, 0.3) is 11.8 Å². The maximum atomic E-state index is 14.2.